The third-order valence-electron chi connectivity index (χ3n) is 5.87. The second kappa shape index (κ2) is 8.19. The number of benzene rings is 2. The van der Waals surface area contributed by atoms with Crippen molar-refractivity contribution in [3.05, 3.63) is 78.3 Å². The number of carbonyl (C=O) groups excluding carboxylic acids is 1. The highest BCUT2D eigenvalue weighted by molar-refractivity contribution is 5.70. The fraction of sp³-hybridized carbons (Fsp3) is 0.360. The second-order valence-electron chi connectivity index (χ2n) is 8.82. The Labute approximate surface area is 182 Å². The van der Waals surface area contributed by atoms with Crippen LogP contribution in [0, 0.1) is 0 Å². The minimum absolute atomic E-state index is 0.146. The van der Waals surface area contributed by atoms with Gasteiger partial charge in [0.2, 0.25) is 0 Å². The topological polar surface area (TPSA) is 75.8 Å². The molecule has 4 rings (SSSR count). The van der Waals surface area contributed by atoms with Gasteiger partial charge < -0.3 is 19.2 Å². The minimum atomic E-state index is -0.972. The summed E-state index contributed by atoms with van der Waals surface area (Å²) in [6, 6.07) is 17.5. The molecule has 3 aromatic rings. The Bertz CT molecular complexity index is 1010. The zero-order valence-corrected chi connectivity index (χ0v) is 18.1. The van der Waals surface area contributed by atoms with Crippen LogP contribution in [0.25, 0.3) is 11.3 Å². The van der Waals surface area contributed by atoms with Gasteiger partial charge in [0.1, 0.15) is 5.60 Å². The highest BCUT2D eigenvalue weighted by atomic mass is 16.6. The standard InChI is InChI=1S/C25H28N2O4/c1-18(19-9-11-20(12-10-19)22-15-26-17-30-22)27-14-13-25(31-23(27)28,16-24(2,3)29)21-7-5-4-6-8-21/h4-12,15,17-18,29H,13-14,16H2,1-3H3/t18-,25?/m0/s1. The van der Waals surface area contributed by atoms with Crippen molar-refractivity contribution in [2.24, 2.45) is 0 Å². The minimum Gasteiger partial charge on any atom is -0.444 e. The summed E-state index contributed by atoms with van der Waals surface area (Å²) in [5, 5.41) is 10.5. The normalized spacial score (nSPS) is 20.4. The number of oxazole rings is 1. The van der Waals surface area contributed by atoms with Gasteiger partial charge in [-0.25, -0.2) is 9.78 Å². The lowest BCUT2D eigenvalue weighted by Gasteiger charge is -2.45. The first kappa shape index (κ1) is 21.1. The van der Waals surface area contributed by atoms with Crippen LogP contribution in [0.5, 0.6) is 0 Å². The molecular formula is C25H28N2O4. The van der Waals surface area contributed by atoms with Crippen LogP contribution in [0.2, 0.25) is 0 Å². The largest absolute Gasteiger partial charge is 0.444 e. The number of hydrogen-bond donors (Lipinski definition) is 1. The first-order valence-electron chi connectivity index (χ1n) is 10.5. The molecule has 1 unspecified atom stereocenters. The number of aliphatic hydroxyl groups is 1. The number of hydrogen-bond acceptors (Lipinski definition) is 5. The van der Waals surface area contributed by atoms with Crippen LogP contribution in [0.4, 0.5) is 4.79 Å². The summed E-state index contributed by atoms with van der Waals surface area (Å²) in [4.78, 5) is 18.8. The third kappa shape index (κ3) is 4.49. The van der Waals surface area contributed by atoms with E-state index in [1.165, 1.54) is 6.39 Å². The van der Waals surface area contributed by atoms with Crippen molar-refractivity contribution in [1.29, 1.82) is 0 Å². The molecule has 2 heterocycles. The maximum Gasteiger partial charge on any atom is 0.411 e. The Hall–Kier alpha value is -3.12. The van der Waals surface area contributed by atoms with Gasteiger partial charge in [-0.15, -0.1) is 0 Å². The van der Waals surface area contributed by atoms with Crippen LogP contribution in [0.15, 0.2) is 71.6 Å². The fourth-order valence-electron chi connectivity index (χ4n) is 4.36. The van der Waals surface area contributed by atoms with Crippen molar-refractivity contribution in [3.8, 4) is 11.3 Å². The van der Waals surface area contributed by atoms with Crippen molar-refractivity contribution < 1.29 is 19.1 Å². The number of ether oxygens (including phenoxy) is 1. The summed E-state index contributed by atoms with van der Waals surface area (Å²) >= 11 is 0. The Balaban J connectivity index is 1.54. The molecule has 0 aliphatic carbocycles. The first-order chi connectivity index (χ1) is 14.8. The molecule has 1 amide bonds. The van der Waals surface area contributed by atoms with Gasteiger partial charge in [0, 0.05) is 24.9 Å². The van der Waals surface area contributed by atoms with Gasteiger partial charge >= 0.3 is 6.09 Å². The van der Waals surface area contributed by atoms with Gasteiger partial charge in [-0.2, -0.15) is 0 Å². The molecule has 2 atom stereocenters. The predicted octanol–water partition coefficient (Wildman–Crippen LogP) is 5.30. The monoisotopic (exact) mass is 420 g/mol. The van der Waals surface area contributed by atoms with Gasteiger partial charge in [-0.1, -0.05) is 54.6 Å². The van der Waals surface area contributed by atoms with Crippen LogP contribution in [-0.4, -0.2) is 33.2 Å². The molecule has 1 aliphatic heterocycles. The number of amides is 1. The zero-order chi connectivity index (χ0) is 22.1. The van der Waals surface area contributed by atoms with E-state index in [1.807, 2.05) is 61.5 Å². The lowest BCUT2D eigenvalue weighted by Crippen LogP contribution is -2.51. The Kier molecular flexibility index (Phi) is 5.58. The Morgan fingerprint density at radius 1 is 1.16 bits per heavy atom. The Morgan fingerprint density at radius 3 is 2.45 bits per heavy atom. The smallest absolute Gasteiger partial charge is 0.411 e. The molecular weight excluding hydrogens is 392 g/mol. The fourth-order valence-corrected chi connectivity index (χ4v) is 4.36. The van der Waals surface area contributed by atoms with E-state index in [0.717, 1.165) is 16.7 Å². The van der Waals surface area contributed by atoms with E-state index in [0.29, 0.717) is 25.1 Å². The van der Waals surface area contributed by atoms with Crippen LogP contribution in [-0.2, 0) is 10.3 Å². The predicted molar refractivity (Wildman–Crippen MR) is 117 cm³/mol. The van der Waals surface area contributed by atoms with Gasteiger partial charge in [0.25, 0.3) is 0 Å². The summed E-state index contributed by atoms with van der Waals surface area (Å²) in [6.07, 6.45) is 3.65. The number of cyclic esters (lactones) is 1. The summed E-state index contributed by atoms with van der Waals surface area (Å²) in [7, 11) is 0. The number of nitrogens with zero attached hydrogens (tertiary/aromatic N) is 2. The lowest BCUT2D eigenvalue weighted by molar-refractivity contribution is -0.101. The zero-order valence-electron chi connectivity index (χ0n) is 18.1. The molecule has 2 aromatic carbocycles. The highest BCUT2D eigenvalue weighted by Gasteiger charge is 2.46. The second-order valence-corrected chi connectivity index (χ2v) is 8.82. The van der Waals surface area contributed by atoms with Crippen molar-refractivity contribution >= 4 is 6.09 Å². The average molecular weight is 421 g/mol. The van der Waals surface area contributed by atoms with Crippen molar-refractivity contribution in [2.75, 3.05) is 6.54 Å². The number of carbonyl (C=O) groups is 1. The average Bonchev–Trinajstić information content (AvgIpc) is 3.28. The first-order valence-corrected chi connectivity index (χ1v) is 10.5. The summed E-state index contributed by atoms with van der Waals surface area (Å²) in [5.74, 6) is 0.704. The van der Waals surface area contributed by atoms with E-state index < -0.39 is 11.2 Å². The van der Waals surface area contributed by atoms with Gasteiger partial charge in [0.15, 0.2) is 12.2 Å². The van der Waals surface area contributed by atoms with Gasteiger partial charge in [-0.05, 0) is 31.9 Å². The van der Waals surface area contributed by atoms with E-state index in [-0.39, 0.29) is 12.1 Å². The number of aromatic nitrogens is 1. The molecule has 31 heavy (non-hydrogen) atoms. The molecule has 1 saturated heterocycles. The molecule has 1 aromatic heterocycles. The quantitative estimate of drug-likeness (QED) is 0.585. The number of rotatable bonds is 6. The molecule has 0 saturated carbocycles. The third-order valence-corrected chi connectivity index (χ3v) is 5.87. The van der Waals surface area contributed by atoms with E-state index in [9.17, 15) is 9.90 Å². The molecule has 1 N–H and O–H groups in total. The van der Waals surface area contributed by atoms with Crippen LogP contribution in [0.3, 0.4) is 0 Å². The highest BCUT2D eigenvalue weighted by Crippen LogP contribution is 2.42. The van der Waals surface area contributed by atoms with Gasteiger partial charge in [-0.3, -0.25) is 0 Å². The van der Waals surface area contributed by atoms with E-state index in [2.05, 4.69) is 4.98 Å². The lowest BCUT2D eigenvalue weighted by atomic mass is 9.80. The van der Waals surface area contributed by atoms with Crippen molar-refractivity contribution in [3.63, 3.8) is 0 Å². The molecule has 1 fully saturated rings. The summed E-state index contributed by atoms with van der Waals surface area (Å²) in [6.45, 7) is 6.03. The van der Waals surface area contributed by atoms with Crippen LogP contribution >= 0.6 is 0 Å². The Morgan fingerprint density at radius 2 is 1.87 bits per heavy atom. The molecule has 6 nitrogen and oxygen atoms in total. The van der Waals surface area contributed by atoms with Crippen molar-refractivity contribution in [1.82, 2.24) is 9.88 Å². The van der Waals surface area contributed by atoms with E-state index in [1.54, 1.807) is 24.9 Å². The summed E-state index contributed by atoms with van der Waals surface area (Å²) in [5.41, 5.74) is 1.04. The molecule has 1 aliphatic rings. The maximum atomic E-state index is 13.1. The molecule has 0 spiro atoms. The van der Waals surface area contributed by atoms with E-state index >= 15 is 0 Å². The maximum absolute atomic E-state index is 13.1. The molecule has 162 valence electrons. The SMILES string of the molecule is C[C@@H](c1ccc(-c2cnco2)cc1)N1CCC(CC(C)(C)O)(c2ccccc2)OC1=O. The van der Waals surface area contributed by atoms with Crippen LogP contribution in [0.1, 0.15) is 50.8 Å². The van der Waals surface area contributed by atoms with E-state index in [4.69, 9.17) is 9.15 Å². The molecule has 6 heteroatoms. The summed E-state index contributed by atoms with van der Waals surface area (Å²) < 4.78 is 11.4. The molecule has 0 radical (unpaired) electrons. The van der Waals surface area contributed by atoms with Crippen molar-refractivity contribution in [2.45, 2.75) is 50.9 Å². The van der Waals surface area contributed by atoms with Crippen LogP contribution < -0.4 is 0 Å². The molecule has 0 bridgehead atoms. The van der Waals surface area contributed by atoms with Gasteiger partial charge in [0.05, 0.1) is 17.8 Å².